The molecule has 5 nitrogen and oxygen atoms in total. The minimum atomic E-state index is -4.44. The molecule has 1 fully saturated rings. The second-order valence-corrected chi connectivity index (χ2v) is 7.66. The molecule has 1 aliphatic heterocycles. The van der Waals surface area contributed by atoms with Gasteiger partial charge < -0.3 is 14.5 Å². The van der Waals surface area contributed by atoms with Gasteiger partial charge in [0.05, 0.1) is 5.56 Å². The molecule has 0 atom stereocenters. The fourth-order valence-electron chi connectivity index (χ4n) is 3.55. The molecule has 0 radical (unpaired) electrons. The summed E-state index contributed by atoms with van der Waals surface area (Å²) in [5.41, 5.74) is 1.48. The van der Waals surface area contributed by atoms with Crippen LogP contribution in [0.15, 0.2) is 42.5 Å². The van der Waals surface area contributed by atoms with Crippen LogP contribution in [0.25, 0.3) is 0 Å². The van der Waals surface area contributed by atoms with Gasteiger partial charge in [-0.05, 0) is 56.2 Å². The first-order chi connectivity index (χ1) is 14.6. The molecular formula is C23H25F3N2O3. The molecule has 0 N–H and O–H groups in total. The van der Waals surface area contributed by atoms with Gasteiger partial charge in [-0.1, -0.05) is 17.7 Å². The standard InChI is InChI=1S/C23H25F3N2O3/c1-16-4-9-20(17(2)14-16)31-15-21(29)27-10-3-11-28(13-12-27)22(30)18-5-7-19(8-6-18)23(24,25)26/h4-9,14H,3,10-13,15H2,1-2H3. The van der Waals surface area contributed by atoms with E-state index >= 15 is 0 Å². The molecule has 3 rings (SSSR count). The second kappa shape index (κ2) is 9.41. The summed E-state index contributed by atoms with van der Waals surface area (Å²) in [6.07, 6.45) is -3.86. The van der Waals surface area contributed by atoms with E-state index in [9.17, 15) is 22.8 Å². The van der Waals surface area contributed by atoms with Crippen molar-refractivity contribution in [3.8, 4) is 5.75 Å². The van der Waals surface area contributed by atoms with E-state index in [1.807, 2.05) is 32.0 Å². The molecule has 0 aromatic heterocycles. The number of benzene rings is 2. The lowest BCUT2D eigenvalue weighted by Gasteiger charge is -2.22. The second-order valence-electron chi connectivity index (χ2n) is 7.66. The molecule has 8 heteroatoms. The van der Waals surface area contributed by atoms with Crippen molar-refractivity contribution < 1.29 is 27.5 Å². The van der Waals surface area contributed by atoms with Crippen molar-refractivity contribution in [3.63, 3.8) is 0 Å². The lowest BCUT2D eigenvalue weighted by molar-refractivity contribution is -0.137. The van der Waals surface area contributed by atoms with Gasteiger partial charge >= 0.3 is 6.18 Å². The summed E-state index contributed by atoms with van der Waals surface area (Å²) >= 11 is 0. The van der Waals surface area contributed by atoms with Gasteiger partial charge in [-0.15, -0.1) is 0 Å². The summed E-state index contributed by atoms with van der Waals surface area (Å²) in [5.74, 6) is 0.159. The first-order valence-electron chi connectivity index (χ1n) is 10.1. The highest BCUT2D eigenvalue weighted by Gasteiger charge is 2.30. The Morgan fingerprint density at radius 2 is 1.58 bits per heavy atom. The number of carbonyl (C=O) groups is 2. The van der Waals surface area contributed by atoms with Gasteiger partial charge in [0.15, 0.2) is 6.61 Å². The molecule has 2 aromatic carbocycles. The summed E-state index contributed by atoms with van der Waals surface area (Å²) in [5, 5.41) is 0. The maximum absolute atomic E-state index is 12.7. The van der Waals surface area contributed by atoms with Crippen molar-refractivity contribution in [3.05, 3.63) is 64.7 Å². The molecule has 2 aromatic rings. The summed E-state index contributed by atoms with van der Waals surface area (Å²) in [6.45, 7) is 5.40. The zero-order valence-corrected chi connectivity index (χ0v) is 17.5. The Bertz CT molecular complexity index is 942. The van der Waals surface area contributed by atoms with E-state index in [1.165, 1.54) is 12.1 Å². The summed E-state index contributed by atoms with van der Waals surface area (Å²) in [6, 6.07) is 9.94. The number of halogens is 3. The van der Waals surface area contributed by atoms with E-state index in [1.54, 1.807) is 9.80 Å². The molecule has 0 spiro atoms. The Labute approximate surface area is 179 Å². The summed E-state index contributed by atoms with van der Waals surface area (Å²) in [7, 11) is 0. The minimum absolute atomic E-state index is 0.0866. The fourth-order valence-corrected chi connectivity index (χ4v) is 3.55. The number of rotatable bonds is 4. The maximum atomic E-state index is 12.7. The van der Waals surface area contributed by atoms with E-state index in [0.717, 1.165) is 23.3 Å². The van der Waals surface area contributed by atoms with Crippen molar-refractivity contribution in [1.29, 1.82) is 0 Å². The third-order valence-corrected chi connectivity index (χ3v) is 5.28. The smallest absolute Gasteiger partial charge is 0.416 e. The number of ether oxygens (including phenoxy) is 1. The van der Waals surface area contributed by atoms with Crippen molar-refractivity contribution in [1.82, 2.24) is 9.80 Å². The zero-order chi connectivity index (χ0) is 22.6. The maximum Gasteiger partial charge on any atom is 0.416 e. The number of alkyl halides is 3. The predicted octanol–water partition coefficient (Wildman–Crippen LogP) is 4.08. The minimum Gasteiger partial charge on any atom is -0.484 e. The van der Waals surface area contributed by atoms with Crippen LogP contribution in [-0.4, -0.2) is 54.4 Å². The Morgan fingerprint density at radius 3 is 2.23 bits per heavy atom. The third kappa shape index (κ3) is 5.77. The molecule has 0 unspecified atom stereocenters. The van der Waals surface area contributed by atoms with E-state index in [0.29, 0.717) is 38.3 Å². The normalized spacial score (nSPS) is 14.9. The monoisotopic (exact) mass is 434 g/mol. The molecule has 1 saturated heterocycles. The Balaban J connectivity index is 1.55. The number of carbonyl (C=O) groups excluding carboxylic acids is 2. The van der Waals surface area contributed by atoms with Crippen molar-refractivity contribution in [2.45, 2.75) is 26.4 Å². The van der Waals surface area contributed by atoms with Crippen LogP contribution in [0, 0.1) is 13.8 Å². The first-order valence-corrected chi connectivity index (χ1v) is 10.1. The van der Waals surface area contributed by atoms with E-state index < -0.39 is 11.7 Å². The van der Waals surface area contributed by atoms with Crippen LogP contribution in [0.3, 0.4) is 0 Å². The number of amides is 2. The average molecular weight is 434 g/mol. The number of nitrogens with zero attached hydrogens (tertiary/aromatic N) is 2. The van der Waals surface area contributed by atoms with Gasteiger partial charge in [-0.2, -0.15) is 13.2 Å². The van der Waals surface area contributed by atoms with Gasteiger partial charge in [0, 0.05) is 31.7 Å². The molecule has 0 bridgehead atoms. The Hall–Kier alpha value is -3.03. The Morgan fingerprint density at radius 1 is 0.935 bits per heavy atom. The topological polar surface area (TPSA) is 49.9 Å². The molecule has 1 heterocycles. The van der Waals surface area contributed by atoms with Gasteiger partial charge in [-0.25, -0.2) is 0 Å². The average Bonchev–Trinajstić information content (AvgIpc) is 2.98. The molecule has 0 aliphatic carbocycles. The molecule has 2 amide bonds. The van der Waals surface area contributed by atoms with Crippen LogP contribution in [0.4, 0.5) is 13.2 Å². The number of aryl methyl sites for hydroxylation is 2. The first kappa shape index (κ1) is 22.7. The van der Waals surface area contributed by atoms with Crippen LogP contribution < -0.4 is 4.74 Å². The van der Waals surface area contributed by atoms with Gasteiger partial charge in [0.2, 0.25) is 0 Å². The van der Waals surface area contributed by atoms with Crippen LogP contribution >= 0.6 is 0 Å². The number of hydrogen-bond acceptors (Lipinski definition) is 3. The fraction of sp³-hybridized carbons (Fsp3) is 0.391. The third-order valence-electron chi connectivity index (χ3n) is 5.28. The summed E-state index contributed by atoms with van der Waals surface area (Å²) in [4.78, 5) is 28.5. The van der Waals surface area contributed by atoms with Crippen LogP contribution in [0.2, 0.25) is 0 Å². The zero-order valence-electron chi connectivity index (χ0n) is 17.5. The number of hydrogen-bond donors (Lipinski definition) is 0. The van der Waals surface area contributed by atoms with Crippen LogP contribution in [0.5, 0.6) is 5.75 Å². The highest BCUT2D eigenvalue weighted by molar-refractivity contribution is 5.94. The SMILES string of the molecule is Cc1ccc(OCC(=O)N2CCCN(C(=O)c3ccc(C(F)(F)F)cc3)CC2)c(C)c1. The van der Waals surface area contributed by atoms with Crippen LogP contribution in [0.1, 0.15) is 33.5 Å². The lowest BCUT2D eigenvalue weighted by Crippen LogP contribution is -2.39. The largest absolute Gasteiger partial charge is 0.484 e. The van der Waals surface area contributed by atoms with E-state index in [4.69, 9.17) is 4.74 Å². The molecule has 0 saturated carbocycles. The van der Waals surface area contributed by atoms with Crippen molar-refractivity contribution >= 4 is 11.8 Å². The quantitative estimate of drug-likeness (QED) is 0.729. The van der Waals surface area contributed by atoms with E-state index in [2.05, 4.69) is 0 Å². The molecule has 166 valence electrons. The molecule has 31 heavy (non-hydrogen) atoms. The molecule has 1 aliphatic rings. The van der Waals surface area contributed by atoms with Gasteiger partial charge in [-0.3, -0.25) is 9.59 Å². The lowest BCUT2D eigenvalue weighted by atomic mass is 10.1. The van der Waals surface area contributed by atoms with Gasteiger partial charge in [0.1, 0.15) is 5.75 Å². The Kier molecular flexibility index (Phi) is 6.87. The van der Waals surface area contributed by atoms with Crippen molar-refractivity contribution in [2.75, 3.05) is 32.8 Å². The van der Waals surface area contributed by atoms with E-state index in [-0.39, 0.29) is 24.0 Å². The predicted molar refractivity (Wildman–Crippen MR) is 110 cm³/mol. The van der Waals surface area contributed by atoms with Crippen molar-refractivity contribution in [2.24, 2.45) is 0 Å². The summed E-state index contributed by atoms with van der Waals surface area (Å²) < 4.78 is 43.8. The molecular weight excluding hydrogens is 409 g/mol. The van der Waals surface area contributed by atoms with Crippen LogP contribution in [-0.2, 0) is 11.0 Å². The highest BCUT2D eigenvalue weighted by Crippen LogP contribution is 2.29. The highest BCUT2D eigenvalue weighted by atomic mass is 19.4. The van der Waals surface area contributed by atoms with Gasteiger partial charge in [0.25, 0.3) is 11.8 Å².